The van der Waals surface area contributed by atoms with Crippen molar-refractivity contribution in [2.45, 2.75) is 5.50 Å². The predicted octanol–water partition coefficient (Wildman–Crippen LogP) is 2.40. The van der Waals surface area contributed by atoms with Gasteiger partial charge in [-0.1, -0.05) is 46.4 Å². The van der Waals surface area contributed by atoms with E-state index < -0.39 is 5.50 Å². The summed E-state index contributed by atoms with van der Waals surface area (Å²) in [5.74, 6) is 0. The highest BCUT2D eigenvalue weighted by molar-refractivity contribution is 6.60. The van der Waals surface area contributed by atoms with Gasteiger partial charge in [0.05, 0.1) is 5.03 Å². The molecule has 0 heterocycles. The highest BCUT2D eigenvalue weighted by atomic mass is 35.5. The van der Waals surface area contributed by atoms with Crippen LogP contribution < -0.4 is 5.73 Å². The lowest BCUT2D eigenvalue weighted by Crippen LogP contribution is -2.11. The monoisotopic (exact) mass is 193 g/mol. The van der Waals surface area contributed by atoms with Crippen LogP contribution in [0.25, 0.3) is 0 Å². The number of nitrogens with two attached hydrogens (primary N) is 1. The van der Waals surface area contributed by atoms with Gasteiger partial charge in [0.2, 0.25) is 0 Å². The topological polar surface area (TPSA) is 26.0 Å². The molecule has 0 aromatic heterocycles. The Morgan fingerprint density at radius 3 is 1.62 bits per heavy atom. The predicted molar refractivity (Wildman–Crippen MR) is 38.4 cm³/mol. The maximum absolute atomic E-state index is 5.31. The Bertz CT molecular complexity index is 104. The Kier molecular flexibility index (Phi) is 4.21. The molecular formula is C3H3Cl4N. The molecule has 1 atom stereocenters. The van der Waals surface area contributed by atoms with Gasteiger partial charge in [0.15, 0.2) is 0 Å². The third-order valence-electron chi connectivity index (χ3n) is 0.423. The van der Waals surface area contributed by atoms with Crippen LogP contribution in [0.4, 0.5) is 0 Å². The first kappa shape index (κ1) is 8.86. The summed E-state index contributed by atoms with van der Waals surface area (Å²) in [5.41, 5.74) is 4.24. The molecule has 1 unspecified atom stereocenters. The van der Waals surface area contributed by atoms with E-state index in [-0.39, 0.29) is 9.52 Å². The second-order valence-electron chi connectivity index (χ2n) is 1.01. The second kappa shape index (κ2) is 3.80. The third kappa shape index (κ3) is 3.00. The fourth-order valence-corrected chi connectivity index (χ4v) is 0.560. The summed E-state index contributed by atoms with van der Waals surface area (Å²) >= 11 is 20.9. The van der Waals surface area contributed by atoms with Crippen molar-refractivity contribution in [3.63, 3.8) is 0 Å². The third-order valence-corrected chi connectivity index (χ3v) is 1.78. The van der Waals surface area contributed by atoms with Gasteiger partial charge in [-0.15, -0.1) is 0 Å². The molecule has 1 nitrogen and oxygen atoms in total. The number of hydrogen-bond acceptors (Lipinski definition) is 1. The maximum atomic E-state index is 5.31. The molecule has 0 aromatic rings. The molecule has 0 radical (unpaired) electrons. The summed E-state index contributed by atoms with van der Waals surface area (Å²) in [7, 11) is 0. The Morgan fingerprint density at radius 1 is 1.25 bits per heavy atom. The van der Waals surface area contributed by atoms with Gasteiger partial charge in [-0.25, -0.2) is 0 Å². The van der Waals surface area contributed by atoms with Crippen LogP contribution in [0.5, 0.6) is 0 Å². The van der Waals surface area contributed by atoms with Gasteiger partial charge in [-0.05, 0) is 0 Å². The minimum absolute atomic E-state index is 0.0648. The van der Waals surface area contributed by atoms with E-state index in [1.165, 1.54) is 0 Å². The van der Waals surface area contributed by atoms with Crippen LogP contribution in [0.1, 0.15) is 0 Å². The fraction of sp³-hybridized carbons (Fsp3) is 0.333. The van der Waals surface area contributed by atoms with E-state index in [0.29, 0.717) is 0 Å². The summed E-state index contributed by atoms with van der Waals surface area (Å²) < 4.78 is -0.0887. The number of hydrogen-bond donors (Lipinski definition) is 1. The molecule has 0 aliphatic heterocycles. The van der Waals surface area contributed by atoms with Crippen LogP contribution in [-0.4, -0.2) is 5.50 Å². The van der Waals surface area contributed by atoms with Gasteiger partial charge in [0, 0.05) is 0 Å². The van der Waals surface area contributed by atoms with Crippen LogP contribution >= 0.6 is 46.4 Å². The molecule has 0 saturated carbocycles. The van der Waals surface area contributed by atoms with Gasteiger partial charge in [-0.2, -0.15) is 0 Å². The van der Waals surface area contributed by atoms with Crippen molar-refractivity contribution in [3.05, 3.63) is 9.52 Å². The second-order valence-corrected chi connectivity index (χ2v) is 2.84. The van der Waals surface area contributed by atoms with Gasteiger partial charge in [0.1, 0.15) is 9.99 Å². The van der Waals surface area contributed by atoms with Crippen LogP contribution in [0.15, 0.2) is 9.52 Å². The van der Waals surface area contributed by atoms with Crippen molar-refractivity contribution in [2.24, 2.45) is 5.73 Å². The lowest BCUT2D eigenvalue weighted by molar-refractivity contribution is 1.12. The smallest absolute Gasteiger partial charge is 0.124 e. The van der Waals surface area contributed by atoms with Gasteiger partial charge >= 0.3 is 0 Å². The van der Waals surface area contributed by atoms with E-state index >= 15 is 0 Å². The van der Waals surface area contributed by atoms with Crippen molar-refractivity contribution in [1.82, 2.24) is 0 Å². The minimum atomic E-state index is -0.804. The van der Waals surface area contributed by atoms with E-state index in [4.69, 9.17) is 52.1 Å². The SMILES string of the molecule is NC(Cl)C(Cl)=C(Cl)Cl. The first-order valence-corrected chi connectivity index (χ1v) is 3.23. The molecule has 0 rings (SSSR count). The minimum Gasteiger partial charge on any atom is -0.311 e. The largest absolute Gasteiger partial charge is 0.311 e. The molecule has 0 aromatic carbocycles. The molecular weight excluding hydrogens is 192 g/mol. The lowest BCUT2D eigenvalue weighted by atomic mass is 10.6. The number of halogens is 4. The van der Waals surface area contributed by atoms with Crippen molar-refractivity contribution < 1.29 is 0 Å². The molecule has 0 aliphatic carbocycles. The van der Waals surface area contributed by atoms with E-state index in [1.54, 1.807) is 0 Å². The van der Waals surface area contributed by atoms with Crippen molar-refractivity contribution in [2.75, 3.05) is 0 Å². The molecule has 48 valence electrons. The molecule has 0 saturated heterocycles. The molecule has 8 heavy (non-hydrogen) atoms. The molecule has 0 spiro atoms. The average Bonchev–Trinajstić information content (AvgIpc) is 1.64. The zero-order chi connectivity index (χ0) is 6.73. The molecule has 0 bridgehead atoms. The molecule has 0 amide bonds. The zero-order valence-electron chi connectivity index (χ0n) is 3.67. The number of rotatable bonds is 1. The molecule has 2 N–H and O–H groups in total. The van der Waals surface area contributed by atoms with Gasteiger partial charge in [-0.3, -0.25) is 0 Å². The average molecular weight is 195 g/mol. The normalized spacial score (nSPS) is 13.1. The van der Waals surface area contributed by atoms with Crippen LogP contribution in [0.3, 0.4) is 0 Å². The summed E-state index contributed by atoms with van der Waals surface area (Å²) in [6, 6.07) is 0. The van der Waals surface area contributed by atoms with E-state index in [2.05, 4.69) is 0 Å². The first-order valence-electron chi connectivity index (χ1n) is 1.66. The Morgan fingerprint density at radius 2 is 1.62 bits per heavy atom. The highest BCUT2D eigenvalue weighted by Crippen LogP contribution is 2.21. The van der Waals surface area contributed by atoms with Gasteiger partial charge < -0.3 is 5.73 Å². The zero-order valence-corrected chi connectivity index (χ0v) is 6.69. The number of alkyl halides is 1. The lowest BCUT2D eigenvalue weighted by Gasteiger charge is -1.97. The van der Waals surface area contributed by atoms with E-state index in [1.807, 2.05) is 0 Å². The standard InChI is InChI=1S/C3H3Cl4N/c4-1(2(5)6)3(7)8/h3H,8H2. The van der Waals surface area contributed by atoms with Crippen LogP contribution in [0.2, 0.25) is 0 Å². The summed E-state index contributed by atoms with van der Waals surface area (Å²) in [4.78, 5) is 0. The Balaban J connectivity index is 4.00. The quantitative estimate of drug-likeness (QED) is 0.504. The fourth-order valence-electron chi connectivity index (χ4n) is 0.104. The summed E-state index contributed by atoms with van der Waals surface area (Å²) in [6.45, 7) is 0. The Labute approximate surface area is 67.3 Å². The van der Waals surface area contributed by atoms with Crippen molar-refractivity contribution >= 4 is 46.4 Å². The summed E-state index contributed by atoms with van der Waals surface area (Å²) in [5, 5.41) is 0.0648. The Hall–Kier alpha value is 0.860. The van der Waals surface area contributed by atoms with E-state index in [0.717, 1.165) is 0 Å². The van der Waals surface area contributed by atoms with Gasteiger partial charge in [0.25, 0.3) is 0 Å². The summed E-state index contributed by atoms with van der Waals surface area (Å²) in [6.07, 6.45) is 0. The highest BCUT2D eigenvalue weighted by Gasteiger charge is 2.04. The van der Waals surface area contributed by atoms with Crippen molar-refractivity contribution in [1.29, 1.82) is 0 Å². The molecule has 5 heteroatoms. The van der Waals surface area contributed by atoms with Crippen LogP contribution in [0, 0.1) is 0 Å². The van der Waals surface area contributed by atoms with E-state index in [9.17, 15) is 0 Å². The van der Waals surface area contributed by atoms with Crippen molar-refractivity contribution in [3.8, 4) is 0 Å². The first-order chi connectivity index (χ1) is 3.55. The maximum Gasteiger partial charge on any atom is 0.124 e. The molecule has 0 aliphatic rings. The molecule has 0 fully saturated rings. The van der Waals surface area contributed by atoms with Crippen LogP contribution in [-0.2, 0) is 0 Å².